The largest absolute Gasteiger partial charge is 0.491 e. The van der Waals surface area contributed by atoms with E-state index in [4.69, 9.17) is 9.47 Å². The molecule has 1 unspecified atom stereocenters. The fraction of sp³-hybridized carbons (Fsp3) is 0.480. The third kappa shape index (κ3) is 6.81. The SMILES string of the molecule is CCC(Oc1ccc(C(C)(C)C)cc1)C(=O)NCCOc1ccccc1C(C)C. The van der Waals surface area contributed by atoms with Crippen LogP contribution in [0.4, 0.5) is 0 Å². The molecule has 0 aliphatic carbocycles. The van der Waals surface area contributed by atoms with Crippen molar-refractivity contribution in [3.8, 4) is 11.5 Å². The van der Waals surface area contributed by atoms with E-state index in [2.05, 4.69) is 58.1 Å². The van der Waals surface area contributed by atoms with Gasteiger partial charge in [0.15, 0.2) is 6.10 Å². The normalized spacial score (nSPS) is 12.5. The first-order chi connectivity index (χ1) is 13.7. The van der Waals surface area contributed by atoms with Crippen LogP contribution in [-0.2, 0) is 10.2 Å². The van der Waals surface area contributed by atoms with Gasteiger partial charge in [-0.15, -0.1) is 0 Å². The van der Waals surface area contributed by atoms with E-state index < -0.39 is 6.10 Å². The number of carbonyl (C=O) groups excluding carboxylic acids is 1. The first-order valence-electron chi connectivity index (χ1n) is 10.5. The summed E-state index contributed by atoms with van der Waals surface area (Å²) in [4.78, 5) is 12.5. The van der Waals surface area contributed by atoms with Gasteiger partial charge in [-0.2, -0.15) is 0 Å². The van der Waals surface area contributed by atoms with Crippen molar-refractivity contribution < 1.29 is 14.3 Å². The minimum Gasteiger partial charge on any atom is -0.491 e. The molecule has 1 N–H and O–H groups in total. The van der Waals surface area contributed by atoms with Gasteiger partial charge >= 0.3 is 0 Å². The van der Waals surface area contributed by atoms with Crippen LogP contribution in [0.3, 0.4) is 0 Å². The third-order valence-corrected chi connectivity index (χ3v) is 4.86. The lowest BCUT2D eigenvalue weighted by Crippen LogP contribution is -2.39. The zero-order chi connectivity index (χ0) is 21.4. The van der Waals surface area contributed by atoms with Crippen molar-refractivity contribution >= 4 is 5.91 Å². The zero-order valence-electron chi connectivity index (χ0n) is 18.6. The van der Waals surface area contributed by atoms with Crippen LogP contribution >= 0.6 is 0 Å². The monoisotopic (exact) mass is 397 g/mol. The molecule has 158 valence electrons. The van der Waals surface area contributed by atoms with E-state index in [0.717, 1.165) is 5.75 Å². The molecule has 2 rings (SSSR count). The second-order valence-corrected chi connectivity index (χ2v) is 8.62. The van der Waals surface area contributed by atoms with Crippen molar-refractivity contribution in [2.75, 3.05) is 13.2 Å². The number of hydrogen-bond acceptors (Lipinski definition) is 3. The first kappa shape index (κ1) is 22.8. The van der Waals surface area contributed by atoms with Crippen LogP contribution in [0.2, 0.25) is 0 Å². The lowest BCUT2D eigenvalue weighted by molar-refractivity contribution is -0.128. The summed E-state index contributed by atoms with van der Waals surface area (Å²) < 4.78 is 11.8. The van der Waals surface area contributed by atoms with Crippen molar-refractivity contribution in [3.63, 3.8) is 0 Å². The molecule has 0 aliphatic rings. The molecular formula is C25H35NO3. The Kier molecular flexibility index (Phi) is 8.12. The molecule has 0 saturated carbocycles. The topological polar surface area (TPSA) is 47.6 Å². The summed E-state index contributed by atoms with van der Waals surface area (Å²) in [6.45, 7) is 13.6. The van der Waals surface area contributed by atoms with Crippen LogP contribution in [0.25, 0.3) is 0 Å². The summed E-state index contributed by atoms with van der Waals surface area (Å²) in [5.74, 6) is 1.86. The van der Waals surface area contributed by atoms with Gasteiger partial charge in [0.05, 0.1) is 6.54 Å². The molecule has 2 aromatic rings. The number of nitrogens with one attached hydrogen (secondary N) is 1. The lowest BCUT2D eigenvalue weighted by Gasteiger charge is -2.21. The van der Waals surface area contributed by atoms with E-state index in [1.165, 1.54) is 11.1 Å². The average molecular weight is 398 g/mol. The van der Waals surface area contributed by atoms with Gasteiger partial charge in [-0.05, 0) is 47.1 Å². The van der Waals surface area contributed by atoms with Crippen LogP contribution in [-0.4, -0.2) is 25.2 Å². The number of rotatable bonds is 9. The standard InChI is InChI=1S/C25H35NO3/c1-7-22(29-20-14-12-19(13-15-20)25(4,5)6)24(27)26-16-17-28-23-11-9-8-10-21(23)18(2)3/h8-15,18,22H,7,16-17H2,1-6H3,(H,26,27). The molecule has 0 bridgehead atoms. The minimum atomic E-state index is -0.515. The fourth-order valence-electron chi connectivity index (χ4n) is 3.06. The molecule has 2 aromatic carbocycles. The Morgan fingerprint density at radius 3 is 2.28 bits per heavy atom. The van der Waals surface area contributed by atoms with Crippen LogP contribution < -0.4 is 14.8 Å². The van der Waals surface area contributed by atoms with Gasteiger partial charge in [0.2, 0.25) is 0 Å². The predicted molar refractivity (Wildman–Crippen MR) is 119 cm³/mol. The van der Waals surface area contributed by atoms with E-state index in [-0.39, 0.29) is 11.3 Å². The summed E-state index contributed by atoms with van der Waals surface area (Å²) in [7, 11) is 0. The second kappa shape index (κ2) is 10.3. The Morgan fingerprint density at radius 1 is 1.03 bits per heavy atom. The highest BCUT2D eigenvalue weighted by molar-refractivity contribution is 5.81. The van der Waals surface area contributed by atoms with E-state index in [1.807, 2.05) is 37.3 Å². The minimum absolute atomic E-state index is 0.0915. The van der Waals surface area contributed by atoms with E-state index in [1.54, 1.807) is 0 Å². The smallest absolute Gasteiger partial charge is 0.261 e. The van der Waals surface area contributed by atoms with Crippen molar-refractivity contribution in [1.82, 2.24) is 5.32 Å². The molecule has 0 saturated heterocycles. The van der Waals surface area contributed by atoms with Crippen molar-refractivity contribution in [1.29, 1.82) is 0 Å². The number of amides is 1. The molecule has 0 fully saturated rings. The van der Waals surface area contributed by atoms with Crippen molar-refractivity contribution in [3.05, 3.63) is 59.7 Å². The first-order valence-corrected chi connectivity index (χ1v) is 10.5. The molecule has 1 amide bonds. The Morgan fingerprint density at radius 2 is 1.69 bits per heavy atom. The quantitative estimate of drug-likeness (QED) is 0.572. The number of hydrogen-bond donors (Lipinski definition) is 1. The van der Waals surface area contributed by atoms with Crippen molar-refractivity contribution in [2.24, 2.45) is 0 Å². The highest BCUT2D eigenvalue weighted by atomic mass is 16.5. The zero-order valence-corrected chi connectivity index (χ0v) is 18.6. The molecule has 4 nitrogen and oxygen atoms in total. The molecule has 0 radical (unpaired) electrons. The highest BCUT2D eigenvalue weighted by Gasteiger charge is 2.19. The predicted octanol–water partition coefficient (Wildman–Crippen LogP) is 5.46. The molecule has 29 heavy (non-hydrogen) atoms. The van der Waals surface area contributed by atoms with Crippen LogP contribution in [0.15, 0.2) is 48.5 Å². The van der Waals surface area contributed by atoms with Crippen LogP contribution in [0.5, 0.6) is 11.5 Å². The number of carbonyl (C=O) groups is 1. The fourth-order valence-corrected chi connectivity index (χ4v) is 3.06. The van der Waals surface area contributed by atoms with Crippen LogP contribution in [0, 0.1) is 0 Å². The number of para-hydroxylation sites is 1. The Labute approximate surface area is 175 Å². The van der Waals surface area contributed by atoms with Crippen molar-refractivity contribution in [2.45, 2.75) is 65.4 Å². The Bertz CT molecular complexity index is 775. The maximum atomic E-state index is 12.5. The Balaban J connectivity index is 1.84. The lowest BCUT2D eigenvalue weighted by atomic mass is 9.87. The Hall–Kier alpha value is -2.49. The summed E-state index contributed by atoms with van der Waals surface area (Å²) >= 11 is 0. The molecule has 0 spiro atoms. The van der Waals surface area contributed by atoms with Gasteiger partial charge in [-0.1, -0.05) is 71.9 Å². The number of benzene rings is 2. The van der Waals surface area contributed by atoms with Gasteiger partial charge in [-0.25, -0.2) is 0 Å². The molecule has 0 aromatic heterocycles. The van der Waals surface area contributed by atoms with Gasteiger partial charge in [0.1, 0.15) is 18.1 Å². The molecule has 0 heterocycles. The second-order valence-electron chi connectivity index (χ2n) is 8.62. The summed E-state index contributed by atoms with van der Waals surface area (Å²) in [6.07, 6.45) is 0.0858. The van der Waals surface area contributed by atoms with E-state index in [0.29, 0.717) is 31.2 Å². The van der Waals surface area contributed by atoms with Gasteiger partial charge in [0, 0.05) is 0 Å². The molecule has 4 heteroatoms. The average Bonchev–Trinajstić information content (AvgIpc) is 2.69. The molecular weight excluding hydrogens is 362 g/mol. The maximum Gasteiger partial charge on any atom is 0.261 e. The van der Waals surface area contributed by atoms with Crippen LogP contribution in [0.1, 0.15) is 65.0 Å². The van der Waals surface area contributed by atoms with Gasteiger partial charge in [-0.3, -0.25) is 4.79 Å². The summed E-state index contributed by atoms with van der Waals surface area (Å²) in [5, 5.41) is 2.92. The third-order valence-electron chi connectivity index (χ3n) is 4.86. The molecule has 0 aliphatic heterocycles. The van der Waals surface area contributed by atoms with E-state index >= 15 is 0 Å². The van der Waals surface area contributed by atoms with Gasteiger partial charge < -0.3 is 14.8 Å². The summed E-state index contributed by atoms with van der Waals surface area (Å²) in [5.41, 5.74) is 2.50. The molecule has 1 atom stereocenters. The number of ether oxygens (including phenoxy) is 2. The van der Waals surface area contributed by atoms with Gasteiger partial charge in [0.25, 0.3) is 5.91 Å². The highest BCUT2D eigenvalue weighted by Crippen LogP contribution is 2.26. The maximum absolute atomic E-state index is 12.5. The van der Waals surface area contributed by atoms with E-state index in [9.17, 15) is 4.79 Å². The summed E-state index contributed by atoms with van der Waals surface area (Å²) in [6, 6.07) is 16.0.